The molecule has 0 aliphatic rings. The molecule has 0 unspecified atom stereocenters. The third-order valence-electron chi connectivity index (χ3n) is 2.52. The Labute approximate surface area is 117 Å². The maximum Gasteiger partial charge on any atom is 0.119 e. The van der Waals surface area contributed by atoms with E-state index in [4.69, 9.17) is 14.6 Å². The van der Waals surface area contributed by atoms with Crippen LogP contribution < -0.4 is 4.74 Å². The van der Waals surface area contributed by atoms with Crippen molar-refractivity contribution in [3.63, 3.8) is 0 Å². The molecule has 1 rings (SSSR count). The van der Waals surface area contributed by atoms with Crippen LogP contribution in [0.5, 0.6) is 5.75 Å². The van der Waals surface area contributed by atoms with Crippen molar-refractivity contribution in [1.29, 1.82) is 0 Å². The molecule has 0 aromatic heterocycles. The van der Waals surface area contributed by atoms with Crippen molar-refractivity contribution in [2.75, 3.05) is 19.8 Å². The summed E-state index contributed by atoms with van der Waals surface area (Å²) < 4.78 is 11.9. The summed E-state index contributed by atoms with van der Waals surface area (Å²) in [4.78, 5) is 0. The first-order valence-electron chi connectivity index (χ1n) is 6.23. The van der Waals surface area contributed by atoms with Gasteiger partial charge < -0.3 is 14.6 Å². The molecule has 0 heterocycles. The van der Waals surface area contributed by atoms with E-state index >= 15 is 0 Å². The van der Waals surface area contributed by atoms with Crippen molar-refractivity contribution in [3.05, 3.63) is 28.2 Å². The van der Waals surface area contributed by atoms with Crippen LogP contribution in [0.1, 0.15) is 25.8 Å². The molecule has 0 saturated carbocycles. The summed E-state index contributed by atoms with van der Waals surface area (Å²) in [7, 11) is 0. The van der Waals surface area contributed by atoms with Gasteiger partial charge in [0.05, 0.1) is 13.2 Å². The zero-order valence-electron chi connectivity index (χ0n) is 11.0. The van der Waals surface area contributed by atoms with Crippen LogP contribution >= 0.6 is 15.9 Å². The third kappa shape index (κ3) is 5.85. The van der Waals surface area contributed by atoms with E-state index in [1.807, 2.05) is 18.2 Å². The summed E-state index contributed by atoms with van der Waals surface area (Å²) in [5.41, 5.74) is 0.827. The van der Waals surface area contributed by atoms with Crippen LogP contribution in [0.3, 0.4) is 0 Å². The normalized spacial score (nSPS) is 10.9. The molecule has 0 bridgehead atoms. The molecule has 1 aromatic rings. The Hall–Kier alpha value is -0.580. The molecule has 18 heavy (non-hydrogen) atoms. The zero-order chi connectivity index (χ0) is 13.4. The molecule has 0 aliphatic carbocycles. The molecule has 0 amide bonds. The molecule has 3 nitrogen and oxygen atoms in total. The highest BCUT2D eigenvalue weighted by atomic mass is 79.9. The Morgan fingerprint density at radius 2 is 2.00 bits per heavy atom. The zero-order valence-corrected chi connectivity index (χ0v) is 12.6. The smallest absolute Gasteiger partial charge is 0.119 e. The van der Waals surface area contributed by atoms with Crippen LogP contribution in [0.4, 0.5) is 0 Å². The Morgan fingerprint density at radius 1 is 1.22 bits per heavy atom. The van der Waals surface area contributed by atoms with Crippen LogP contribution in [0.15, 0.2) is 22.7 Å². The highest BCUT2D eigenvalue weighted by molar-refractivity contribution is 9.10. The second-order valence-electron chi connectivity index (χ2n) is 4.55. The Morgan fingerprint density at radius 3 is 2.67 bits per heavy atom. The summed E-state index contributed by atoms with van der Waals surface area (Å²) in [6.07, 6.45) is 1.08. The van der Waals surface area contributed by atoms with Gasteiger partial charge in [0.1, 0.15) is 12.4 Å². The lowest BCUT2D eigenvalue weighted by Crippen LogP contribution is -2.08. The second-order valence-corrected chi connectivity index (χ2v) is 5.41. The molecule has 1 aromatic carbocycles. The van der Waals surface area contributed by atoms with Gasteiger partial charge in [-0.3, -0.25) is 0 Å². The van der Waals surface area contributed by atoms with Gasteiger partial charge in [-0.05, 0) is 36.1 Å². The van der Waals surface area contributed by atoms with E-state index in [1.54, 1.807) is 0 Å². The number of benzene rings is 1. The fourth-order valence-corrected chi connectivity index (χ4v) is 1.77. The van der Waals surface area contributed by atoms with Crippen LogP contribution in [0.25, 0.3) is 0 Å². The van der Waals surface area contributed by atoms with Crippen LogP contribution in [0.2, 0.25) is 0 Å². The van der Waals surface area contributed by atoms with Gasteiger partial charge in [0.25, 0.3) is 0 Å². The van der Waals surface area contributed by atoms with Gasteiger partial charge in [0.15, 0.2) is 0 Å². The van der Waals surface area contributed by atoms with Crippen molar-refractivity contribution in [3.8, 4) is 5.75 Å². The summed E-state index contributed by atoms with van der Waals surface area (Å²) in [6.45, 7) is 6.27. The average Bonchev–Trinajstić information content (AvgIpc) is 2.35. The highest BCUT2D eigenvalue weighted by Gasteiger charge is 2.01. The molecule has 0 spiro atoms. The van der Waals surface area contributed by atoms with E-state index in [0.717, 1.165) is 28.8 Å². The highest BCUT2D eigenvalue weighted by Crippen LogP contribution is 2.22. The van der Waals surface area contributed by atoms with Gasteiger partial charge in [-0.1, -0.05) is 29.8 Å². The van der Waals surface area contributed by atoms with Crippen molar-refractivity contribution in [1.82, 2.24) is 0 Å². The standard InChI is InChI=1S/C14H21BrO3/c1-11(2)5-6-17-7-8-18-13-3-4-14(15)12(9-13)10-16/h3-4,9,11,16H,5-8,10H2,1-2H3. The van der Waals surface area contributed by atoms with Crippen molar-refractivity contribution in [2.45, 2.75) is 26.9 Å². The molecule has 0 saturated heterocycles. The molecule has 4 heteroatoms. The number of hydrogen-bond acceptors (Lipinski definition) is 3. The van der Waals surface area contributed by atoms with E-state index < -0.39 is 0 Å². The summed E-state index contributed by atoms with van der Waals surface area (Å²) in [5, 5.41) is 9.13. The lowest BCUT2D eigenvalue weighted by Gasteiger charge is -2.09. The van der Waals surface area contributed by atoms with Gasteiger partial charge in [0, 0.05) is 11.1 Å². The predicted octanol–water partition coefficient (Wildman–Crippen LogP) is 3.38. The molecule has 102 valence electrons. The third-order valence-corrected chi connectivity index (χ3v) is 3.30. The van der Waals surface area contributed by atoms with E-state index in [-0.39, 0.29) is 6.61 Å². The van der Waals surface area contributed by atoms with Crippen molar-refractivity contribution >= 4 is 15.9 Å². The van der Waals surface area contributed by atoms with Crippen LogP contribution in [-0.2, 0) is 11.3 Å². The Balaban J connectivity index is 2.23. The monoisotopic (exact) mass is 316 g/mol. The average molecular weight is 317 g/mol. The first-order chi connectivity index (χ1) is 8.63. The Kier molecular flexibility index (Phi) is 7.32. The molecular formula is C14H21BrO3. The first-order valence-corrected chi connectivity index (χ1v) is 7.02. The number of rotatable bonds is 8. The maximum absolute atomic E-state index is 9.13. The number of hydrogen-bond donors (Lipinski definition) is 1. The van der Waals surface area contributed by atoms with Gasteiger partial charge in [-0.25, -0.2) is 0 Å². The molecule has 0 fully saturated rings. The van der Waals surface area contributed by atoms with Gasteiger partial charge in [0.2, 0.25) is 0 Å². The lowest BCUT2D eigenvalue weighted by molar-refractivity contribution is 0.0925. The lowest BCUT2D eigenvalue weighted by atomic mass is 10.1. The summed E-state index contributed by atoms with van der Waals surface area (Å²) in [6, 6.07) is 5.58. The van der Waals surface area contributed by atoms with E-state index in [9.17, 15) is 0 Å². The molecule has 1 N–H and O–H groups in total. The predicted molar refractivity (Wildman–Crippen MR) is 75.8 cm³/mol. The fraction of sp³-hybridized carbons (Fsp3) is 0.571. The number of aliphatic hydroxyl groups is 1. The fourth-order valence-electron chi connectivity index (χ4n) is 1.40. The molecule has 0 aliphatic heterocycles. The molecular weight excluding hydrogens is 296 g/mol. The van der Waals surface area contributed by atoms with Crippen molar-refractivity contribution < 1.29 is 14.6 Å². The minimum absolute atomic E-state index is 0.00265. The van der Waals surface area contributed by atoms with Gasteiger partial charge in [-0.15, -0.1) is 0 Å². The van der Waals surface area contributed by atoms with Gasteiger partial charge >= 0.3 is 0 Å². The Bertz CT molecular complexity index is 353. The van der Waals surface area contributed by atoms with E-state index in [1.165, 1.54) is 0 Å². The number of ether oxygens (including phenoxy) is 2. The number of halogens is 1. The summed E-state index contributed by atoms with van der Waals surface area (Å²) in [5.74, 6) is 1.43. The van der Waals surface area contributed by atoms with Crippen molar-refractivity contribution in [2.24, 2.45) is 5.92 Å². The van der Waals surface area contributed by atoms with Crippen LogP contribution in [0, 0.1) is 5.92 Å². The summed E-state index contributed by atoms with van der Waals surface area (Å²) >= 11 is 3.37. The maximum atomic E-state index is 9.13. The largest absolute Gasteiger partial charge is 0.491 e. The minimum atomic E-state index is 0.00265. The molecule has 0 radical (unpaired) electrons. The second kappa shape index (κ2) is 8.51. The van der Waals surface area contributed by atoms with Crippen LogP contribution in [-0.4, -0.2) is 24.9 Å². The quantitative estimate of drug-likeness (QED) is 0.747. The first kappa shape index (κ1) is 15.5. The molecule has 0 atom stereocenters. The number of aliphatic hydroxyl groups excluding tert-OH is 1. The van der Waals surface area contributed by atoms with E-state index in [0.29, 0.717) is 19.1 Å². The minimum Gasteiger partial charge on any atom is -0.491 e. The van der Waals surface area contributed by atoms with Gasteiger partial charge in [-0.2, -0.15) is 0 Å². The SMILES string of the molecule is CC(C)CCOCCOc1ccc(Br)c(CO)c1. The van der Waals surface area contributed by atoms with E-state index in [2.05, 4.69) is 29.8 Å². The topological polar surface area (TPSA) is 38.7 Å².